The van der Waals surface area contributed by atoms with Crippen LogP contribution < -0.4 is 10.1 Å². The van der Waals surface area contributed by atoms with Gasteiger partial charge in [0, 0.05) is 18.8 Å². The fourth-order valence-electron chi connectivity index (χ4n) is 2.32. The lowest BCUT2D eigenvalue weighted by molar-refractivity contribution is -0.000876. The van der Waals surface area contributed by atoms with Gasteiger partial charge in [-0.1, -0.05) is 0 Å². The van der Waals surface area contributed by atoms with Crippen molar-refractivity contribution in [2.45, 2.75) is 18.9 Å². The summed E-state index contributed by atoms with van der Waals surface area (Å²) in [4.78, 5) is 13.9. The number of hydrogen-bond acceptors (Lipinski definition) is 4. The fraction of sp³-hybridized carbons (Fsp3) is 0.533. The predicted molar refractivity (Wildman–Crippen MR) is 79.6 cm³/mol. The van der Waals surface area contributed by atoms with E-state index in [-0.39, 0.29) is 18.7 Å². The summed E-state index contributed by atoms with van der Waals surface area (Å²) in [6.07, 6.45) is 1.74. The molecule has 2 N–H and O–H groups in total. The Bertz CT molecular complexity index is 441. The Labute approximate surface area is 124 Å². The highest BCUT2D eigenvalue weighted by Gasteiger charge is 2.23. The summed E-state index contributed by atoms with van der Waals surface area (Å²) in [5.74, 6) is 0.759. The number of urea groups is 1. The molecular weight excluding hydrogens is 272 g/mol. The van der Waals surface area contributed by atoms with Crippen LogP contribution in [0.4, 0.5) is 10.5 Å². The van der Waals surface area contributed by atoms with E-state index in [0.29, 0.717) is 19.7 Å². The summed E-state index contributed by atoms with van der Waals surface area (Å²) in [6.45, 7) is 1.73. The molecule has 1 saturated heterocycles. The highest BCUT2D eigenvalue weighted by Crippen LogP contribution is 2.17. The monoisotopic (exact) mass is 294 g/mol. The number of amides is 2. The van der Waals surface area contributed by atoms with Gasteiger partial charge in [-0.15, -0.1) is 0 Å². The zero-order valence-electron chi connectivity index (χ0n) is 12.2. The van der Waals surface area contributed by atoms with Crippen molar-refractivity contribution in [3.05, 3.63) is 24.3 Å². The van der Waals surface area contributed by atoms with Gasteiger partial charge in [0.15, 0.2) is 0 Å². The normalized spacial score (nSPS) is 15.8. The van der Waals surface area contributed by atoms with E-state index in [1.807, 2.05) is 24.3 Å². The SMILES string of the molecule is COc1ccc(NC(=O)N2CCC(OCCO)CC2)cc1. The Hall–Kier alpha value is -1.79. The maximum Gasteiger partial charge on any atom is 0.321 e. The molecule has 2 rings (SSSR count). The first-order valence-electron chi connectivity index (χ1n) is 7.15. The van der Waals surface area contributed by atoms with Crippen LogP contribution in [0.3, 0.4) is 0 Å². The largest absolute Gasteiger partial charge is 0.497 e. The minimum atomic E-state index is -0.0965. The molecule has 0 spiro atoms. The number of carbonyl (C=O) groups excluding carboxylic acids is 1. The third-order valence-electron chi connectivity index (χ3n) is 3.52. The molecule has 21 heavy (non-hydrogen) atoms. The molecule has 2 amide bonds. The Morgan fingerprint density at radius 1 is 1.33 bits per heavy atom. The van der Waals surface area contributed by atoms with Gasteiger partial charge in [-0.3, -0.25) is 0 Å². The van der Waals surface area contributed by atoms with Gasteiger partial charge in [0.05, 0.1) is 26.4 Å². The average molecular weight is 294 g/mol. The predicted octanol–water partition coefficient (Wildman–Crippen LogP) is 1.70. The quantitative estimate of drug-likeness (QED) is 0.867. The number of anilines is 1. The maximum atomic E-state index is 12.1. The molecule has 6 nitrogen and oxygen atoms in total. The summed E-state index contributed by atoms with van der Waals surface area (Å²) in [5.41, 5.74) is 0.749. The Morgan fingerprint density at radius 3 is 2.57 bits per heavy atom. The van der Waals surface area contributed by atoms with Crippen molar-refractivity contribution in [2.24, 2.45) is 0 Å². The zero-order valence-corrected chi connectivity index (χ0v) is 12.2. The van der Waals surface area contributed by atoms with Crippen LogP contribution in [0.5, 0.6) is 5.75 Å². The van der Waals surface area contributed by atoms with Gasteiger partial charge >= 0.3 is 6.03 Å². The van der Waals surface area contributed by atoms with E-state index >= 15 is 0 Å². The summed E-state index contributed by atoms with van der Waals surface area (Å²) in [7, 11) is 1.61. The van der Waals surface area contributed by atoms with Gasteiger partial charge in [-0.05, 0) is 37.1 Å². The van der Waals surface area contributed by atoms with Crippen LogP contribution in [0.1, 0.15) is 12.8 Å². The molecule has 6 heteroatoms. The Morgan fingerprint density at radius 2 is 2.00 bits per heavy atom. The topological polar surface area (TPSA) is 71.0 Å². The van der Waals surface area contributed by atoms with Crippen molar-refractivity contribution in [1.82, 2.24) is 4.90 Å². The molecule has 116 valence electrons. The molecule has 1 aliphatic rings. The van der Waals surface area contributed by atoms with Crippen molar-refractivity contribution in [3.8, 4) is 5.75 Å². The van der Waals surface area contributed by atoms with E-state index in [4.69, 9.17) is 14.6 Å². The molecule has 1 aliphatic heterocycles. The number of nitrogens with one attached hydrogen (secondary N) is 1. The third-order valence-corrected chi connectivity index (χ3v) is 3.52. The van der Waals surface area contributed by atoms with Crippen LogP contribution in [0.2, 0.25) is 0 Å². The van der Waals surface area contributed by atoms with E-state index in [0.717, 1.165) is 24.3 Å². The van der Waals surface area contributed by atoms with Crippen LogP contribution in [0.25, 0.3) is 0 Å². The zero-order chi connectivity index (χ0) is 15.1. The first kappa shape index (κ1) is 15.6. The summed E-state index contributed by atoms with van der Waals surface area (Å²) in [5, 5.41) is 11.6. The van der Waals surface area contributed by atoms with Crippen LogP contribution in [-0.2, 0) is 4.74 Å². The molecule has 0 atom stereocenters. The summed E-state index contributed by atoms with van der Waals surface area (Å²) < 4.78 is 10.6. The number of aliphatic hydroxyl groups is 1. The second-order valence-electron chi connectivity index (χ2n) is 4.94. The number of hydrogen-bond donors (Lipinski definition) is 2. The van der Waals surface area contributed by atoms with Crippen molar-refractivity contribution < 1.29 is 19.4 Å². The number of piperidine rings is 1. The Balaban J connectivity index is 1.78. The number of carbonyl (C=O) groups is 1. The molecule has 0 saturated carbocycles. The van der Waals surface area contributed by atoms with Crippen molar-refractivity contribution in [3.63, 3.8) is 0 Å². The van der Waals surface area contributed by atoms with Gasteiger partial charge in [-0.25, -0.2) is 4.79 Å². The van der Waals surface area contributed by atoms with Gasteiger partial charge < -0.3 is 24.8 Å². The number of likely N-dealkylation sites (tertiary alicyclic amines) is 1. The maximum absolute atomic E-state index is 12.1. The molecule has 0 bridgehead atoms. The fourth-order valence-corrected chi connectivity index (χ4v) is 2.32. The number of rotatable bonds is 5. The van der Waals surface area contributed by atoms with Crippen molar-refractivity contribution in [2.75, 3.05) is 38.7 Å². The van der Waals surface area contributed by atoms with Crippen LogP contribution >= 0.6 is 0 Å². The van der Waals surface area contributed by atoms with Gasteiger partial charge in [0.2, 0.25) is 0 Å². The molecule has 1 heterocycles. The molecule has 1 fully saturated rings. The molecule has 0 aromatic heterocycles. The molecular formula is C15H22N2O4. The van der Waals surface area contributed by atoms with Crippen LogP contribution in [-0.4, -0.2) is 55.6 Å². The summed E-state index contributed by atoms with van der Waals surface area (Å²) >= 11 is 0. The number of methoxy groups -OCH3 is 1. The number of ether oxygens (including phenoxy) is 2. The Kier molecular flexibility index (Phi) is 5.83. The second kappa shape index (κ2) is 7.85. The van der Waals surface area contributed by atoms with E-state index < -0.39 is 0 Å². The van der Waals surface area contributed by atoms with Gasteiger partial charge in [0.1, 0.15) is 5.75 Å². The lowest BCUT2D eigenvalue weighted by Gasteiger charge is -2.31. The minimum absolute atomic E-state index is 0.0399. The van der Waals surface area contributed by atoms with Crippen LogP contribution in [0, 0.1) is 0 Å². The molecule has 1 aromatic carbocycles. The number of aliphatic hydroxyl groups excluding tert-OH is 1. The molecule has 0 radical (unpaired) electrons. The highest BCUT2D eigenvalue weighted by molar-refractivity contribution is 5.89. The second-order valence-corrected chi connectivity index (χ2v) is 4.94. The molecule has 0 aliphatic carbocycles. The van der Waals surface area contributed by atoms with Gasteiger partial charge in [0.25, 0.3) is 0 Å². The first-order valence-corrected chi connectivity index (χ1v) is 7.15. The summed E-state index contributed by atoms with van der Waals surface area (Å²) in [6, 6.07) is 7.15. The standard InChI is InChI=1S/C15H22N2O4/c1-20-13-4-2-12(3-5-13)16-15(19)17-8-6-14(7-9-17)21-11-10-18/h2-5,14,18H,6-11H2,1H3,(H,16,19). The molecule has 1 aromatic rings. The van der Waals surface area contributed by atoms with Gasteiger partial charge in [-0.2, -0.15) is 0 Å². The van der Waals surface area contributed by atoms with Crippen molar-refractivity contribution >= 4 is 11.7 Å². The number of benzene rings is 1. The first-order chi connectivity index (χ1) is 10.2. The molecule has 0 unspecified atom stereocenters. The smallest absolute Gasteiger partial charge is 0.321 e. The number of nitrogens with zero attached hydrogens (tertiary/aromatic N) is 1. The minimum Gasteiger partial charge on any atom is -0.497 e. The third kappa shape index (κ3) is 4.61. The lowest BCUT2D eigenvalue weighted by atomic mass is 10.1. The van der Waals surface area contributed by atoms with E-state index in [9.17, 15) is 4.79 Å². The highest BCUT2D eigenvalue weighted by atomic mass is 16.5. The van der Waals surface area contributed by atoms with Crippen LogP contribution in [0.15, 0.2) is 24.3 Å². The van der Waals surface area contributed by atoms with E-state index in [2.05, 4.69) is 5.32 Å². The van der Waals surface area contributed by atoms with E-state index in [1.165, 1.54) is 0 Å². The van der Waals surface area contributed by atoms with Crippen molar-refractivity contribution in [1.29, 1.82) is 0 Å². The average Bonchev–Trinajstić information content (AvgIpc) is 2.54. The van der Waals surface area contributed by atoms with E-state index in [1.54, 1.807) is 12.0 Å². The lowest BCUT2D eigenvalue weighted by Crippen LogP contribution is -2.43.